The van der Waals surface area contributed by atoms with Crippen molar-refractivity contribution in [2.24, 2.45) is 5.92 Å². The van der Waals surface area contributed by atoms with Crippen molar-refractivity contribution in [1.82, 2.24) is 14.9 Å². The van der Waals surface area contributed by atoms with Gasteiger partial charge in [0.1, 0.15) is 23.9 Å². The molecule has 7 heteroatoms. The number of aryl methyl sites for hydroxylation is 1. The number of hydrogen-bond donors (Lipinski definition) is 1. The fourth-order valence-electron chi connectivity index (χ4n) is 4.38. The Morgan fingerprint density at radius 1 is 1.30 bits per heavy atom. The van der Waals surface area contributed by atoms with Crippen molar-refractivity contribution >= 4 is 21.6 Å². The van der Waals surface area contributed by atoms with Crippen molar-refractivity contribution < 1.29 is 9.47 Å². The van der Waals surface area contributed by atoms with Crippen LogP contribution in [0.1, 0.15) is 48.1 Å². The quantitative estimate of drug-likeness (QED) is 0.682. The van der Waals surface area contributed by atoms with Gasteiger partial charge in [0, 0.05) is 11.4 Å². The smallest absolute Gasteiger partial charge is 0.259 e. The molecule has 2 aliphatic rings. The van der Waals surface area contributed by atoms with Gasteiger partial charge < -0.3 is 14.5 Å². The lowest BCUT2D eigenvalue weighted by Crippen LogP contribution is -2.26. The molecule has 0 spiro atoms. The van der Waals surface area contributed by atoms with Gasteiger partial charge >= 0.3 is 0 Å². The Balaban J connectivity index is 1.40. The van der Waals surface area contributed by atoms with E-state index in [1.54, 1.807) is 11.3 Å². The average molecular weight is 426 g/mol. The summed E-state index contributed by atoms with van der Waals surface area (Å²) >= 11 is 1.70. The predicted molar refractivity (Wildman–Crippen MR) is 119 cm³/mol. The molecule has 0 saturated heterocycles. The predicted octanol–water partition coefficient (Wildman–Crippen LogP) is 4.07. The number of ether oxygens (including phenoxy) is 2. The number of aromatic nitrogens is 2. The molecule has 2 atom stereocenters. The maximum absolute atomic E-state index is 12.9. The highest BCUT2D eigenvalue weighted by Gasteiger charge is 2.24. The molecule has 5 rings (SSSR count). The highest BCUT2D eigenvalue weighted by molar-refractivity contribution is 7.18. The van der Waals surface area contributed by atoms with Gasteiger partial charge in [-0.1, -0.05) is 13.0 Å². The SMILES string of the molecule is C[C@H]1CCc2c(sc3nc([C@@H](C)N(C)Cc4ccc5c(c4)OCCO5)[nH]c(=O)c23)C1. The third kappa shape index (κ3) is 3.50. The van der Waals surface area contributed by atoms with Crippen LogP contribution in [0.15, 0.2) is 23.0 Å². The minimum absolute atomic E-state index is 0.00151. The van der Waals surface area contributed by atoms with Gasteiger partial charge in [0.05, 0.1) is 11.4 Å². The van der Waals surface area contributed by atoms with Crippen LogP contribution in [-0.2, 0) is 19.4 Å². The molecule has 30 heavy (non-hydrogen) atoms. The molecule has 0 radical (unpaired) electrons. The molecule has 3 heterocycles. The zero-order valence-corrected chi connectivity index (χ0v) is 18.5. The van der Waals surface area contributed by atoms with Crippen molar-refractivity contribution in [3.8, 4) is 11.5 Å². The summed E-state index contributed by atoms with van der Waals surface area (Å²) in [6.07, 6.45) is 3.19. The molecule has 3 aromatic rings. The Morgan fingerprint density at radius 2 is 2.10 bits per heavy atom. The molecule has 158 valence electrons. The van der Waals surface area contributed by atoms with Gasteiger partial charge in [-0.25, -0.2) is 4.98 Å². The lowest BCUT2D eigenvalue weighted by Gasteiger charge is -2.25. The average Bonchev–Trinajstić information content (AvgIpc) is 3.10. The highest BCUT2D eigenvalue weighted by Crippen LogP contribution is 2.36. The van der Waals surface area contributed by atoms with E-state index in [0.717, 1.165) is 58.9 Å². The van der Waals surface area contributed by atoms with E-state index in [1.807, 2.05) is 19.2 Å². The number of hydrogen-bond acceptors (Lipinski definition) is 6. The minimum atomic E-state index is -0.0200. The van der Waals surface area contributed by atoms with E-state index in [1.165, 1.54) is 10.4 Å². The van der Waals surface area contributed by atoms with Gasteiger partial charge in [0.15, 0.2) is 11.5 Å². The zero-order chi connectivity index (χ0) is 20.8. The molecule has 6 nitrogen and oxygen atoms in total. The van der Waals surface area contributed by atoms with E-state index in [0.29, 0.717) is 19.1 Å². The molecule has 0 fully saturated rings. The summed E-state index contributed by atoms with van der Waals surface area (Å²) in [5.74, 6) is 3.00. The van der Waals surface area contributed by atoms with E-state index < -0.39 is 0 Å². The number of fused-ring (bicyclic) bond motifs is 4. The fraction of sp³-hybridized carbons (Fsp3) is 0.478. The normalized spacial score (nSPS) is 19.1. The number of nitrogens with zero attached hydrogens (tertiary/aromatic N) is 2. The Bertz CT molecular complexity index is 1150. The second kappa shape index (κ2) is 7.71. The molecule has 0 amide bonds. The zero-order valence-electron chi connectivity index (χ0n) is 17.7. The molecule has 1 aliphatic carbocycles. The Hall–Kier alpha value is -2.38. The molecule has 1 aromatic carbocycles. The first-order valence-electron chi connectivity index (χ1n) is 10.6. The van der Waals surface area contributed by atoms with Gasteiger partial charge in [-0.05, 0) is 62.4 Å². The van der Waals surface area contributed by atoms with Crippen LogP contribution in [0.2, 0.25) is 0 Å². The summed E-state index contributed by atoms with van der Waals surface area (Å²) in [6, 6.07) is 6.04. The first-order valence-corrected chi connectivity index (χ1v) is 11.4. The second-order valence-corrected chi connectivity index (χ2v) is 9.64. The van der Waals surface area contributed by atoms with Crippen LogP contribution in [0.5, 0.6) is 11.5 Å². The molecular formula is C23H27N3O3S. The first kappa shape index (κ1) is 19.6. The molecule has 1 N–H and O–H groups in total. The molecule has 1 aliphatic heterocycles. The summed E-state index contributed by atoms with van der Waals surface area (Å²) in [5, 5.41) is 0.812. The van der Waals surface area contributed by atoms with E-state index >= 15 is 0 Å². The minimum Gasteiger partial charge on any atom is -0.486 e. The monoisotopic (exact) mass is 425 g/mol. The van der Waals surface area contributed by atoms with Crippen LogP contribution in [0.3, 0.4) is 0 Å². The van der Waals surface area contributed by atoms with Crippen molar-refractivity contribution in [3.63, 3.8) is 0 Å². The molecular weight excluding hydrogens is 398 g/mol. The number of nitrogens with one attached hydrogen (secondary N) is 1. The largest absolute Gasteiger partial charge is 0.486 e. The lowest BCUT2D eigenvalue weighted by atomic mass is 9.89. The van der Waals surface area contributed by atoms with E-state index in [-0.39, 0.29) is 11.6 Å². The van der Waals surface area contributed by atoms with Crippen molar-refractivity contribution in [1.29, 1.82) is 0 Å². The summed E-state index contributed by atoms with van der Waals surface area (Å²) in [7, 11) is 2.05. The third-order valence-electron chi connectivity index (χ3n) is 6.28. The third-order valence-corrected chi connectivity index (χ3v) is 7.43. The van der Waals surface area contributed by atoms with Gasteiger partial charge in [-0.2, -0.15) is 0 Å². The van der Waals surface area contributed by atoms with Crippen molar-refractivity contribution in [2.45, 2.75) is 45.7 Å². The van der Waals surface area contributed by atoms with Crippen LogP contribution in [-0.4, -0.2) is 35.1 Å². The fourth-order valence-corrected chi connectivity index (χ4v) is 5.77. The van der Waals surface area contributed by atoms with E-state index in [4.69, 9.17) is 14.5 Å². The van der Waals surface area contributed by atoms with Crippen LogP contribution < -0.4 is 15.0 Å². The topological polar surface area (TPSA) is 67.5 Å². The lowest BCUT2D eigenvalue weighted by molar-refractivity contribution is 0.171. The van der Waals surface area contributed by atoms with Crippen LogP contribution in [0.25, 0.3) is 10.2 Å². The Labute approximate surface area is 179 Å². The van der Waals surface area contributed by atoms with Gasteiger partial charge in [-0.3, -0.25) is 9.69 Å². The Kier molecular flexibility index (Phi) is 5.03. The maximum atomic E-state index is 12.9. The molecule has 0 bridgehead atoms. The maximum Gasteiger partial charge on any atom is 0.259 e. The number of rotatable bonds is 4. The highest BCUT2D eigenvalue weighted by atomic mass is 32.1. The van der Waals surface area contributed by atoms with Gasteiger partial charge in [-0.15, -0.1) is 11.3 Å². The summed E-state index contributed by atoms with van der Waals surface area (Å²) in [5.41, 5.74) is 2.37. The number of aromatic amines is 1. The van der Waals surface area contributed by atoms with E-state index in [2.05, 4.69) is 29.8 Å². The van der Waals surface area contributed by atoms with Gasteiger partial charge in [0.2, 0.25) is 0 Å². The molecule has 0 unspecified atom stereocenters. The Morgan fingerprint density at radius 3 is 2.93 bits per heavy atom. The second-order valence-electron chi connectivity index (χ2n) is 8.55. The number of thiophene rings is 1. The number of benzene rings is 1. The molecule has 0 saturated carbocycles. The van der Waals surface area contributed by atoms with Crippen LogP contribution >= 0.6 is 11.3 Å². The standard InChI is InChI=1S/C23H27N3O3S/c1-13-4-6-16-19(10-13)30-23-20(16)22(27)24-21(25-23)14(2)26(3)12-15-5-7-17-18(11-15)29-9-8-28-17/h5,7,11,13-14H,4,6,8-10,12H2,1-3H3,(H,24,25,27)/t13-,14+/m0/s1. The summed E-state index contributed by atoms with van der Waals surface area (Å²) < 4.78 is 11.3. The number of H-pyrrole nitrogens is 1. The molecule has 2 aromatic heterocycles. The summed E-state index contributed by atoms with van der Waals surface area (Å²) in [6.45, 7) is 6.26. The van der Waals surface area contributed by atoms with Crippen LogP contribution in [0, 0.1) is 5.92 Å². The van der Waals surface area contributed by atoms with Crippen molar-refractivity contribution in [2.75, 3.05) is 20.3 Å². The van der Waals surface area contributed by atoms with Gasteiger partial charge in [0.25, 0.3) is 5.56 Å². The van der Waals surface area contributed by atoms with E-state index in [9.17, 15) is 4.79 Å². The van der Waals surface area contributed by atoms with Crippen molar-refractivity contribution in [3.05, 3.63) is 50.4 Å². The summed E-state index contributed by atoms with van der Waals surface area (Å²) in [4.78, 5) is 25.3. The first-order chi connectivity index (χ1) is 14.5. The van der Waals surface area contributed by atoms with Crippen LogP contribution in [0.4, 0.5) is 0 Å².